The zero-order valence-electron chi connectivity index (χ0n) is 8.18. The molecule has 0 aliphatic carbocycles. The van der Waals surface area contributed by atoms with Crippen LogP contribution in [-0.2, 0) is 4.79 Å². The molecule has 0 radical (unpaired) electrons. The van der Waals surface area contributed by atoms with Gasteiger partial charge in [-0.2, -0.15) is 13.2 Å². The van der Waals surface area contributed by atoms with Crippen molar-refractivity contribution in [2.75, 3.05) is 19.6 Å². The van der Waals surface area contributed by atoms with E-state index in [4.69, 9.17) is 5.84 Å². The van der Waals surface area contributed by atoms with Gasteiger partial charge in [0.05, 0.1) is 5.92 Å². The molecule has 1 amide bonds. The van der Waals surface area contributed by atoms with Crippen LogP contribution in [-0.4, -0.2) is 36.7 Å². The molecule has 1 unspecified atom stereocenters. The fourth-order valence-electron chi connectivity index (χ4n) is 1.55. The Bertz CT molecular complexity index is 232. The average Bonchev–Trinajstić information content (AvgIpc) is 2.13. The van der Waals surface area contributed by atoms with Crippen LogP contribution in [0.25, 0.3) is 0 Å². The molecule has 1 atom stereocenters. The minimum Gasteiger partial charge on any atom is -0.347 e. The van der Waals surface area contributed by atoms with Gasteiger partial charge in [-0.3, -0.25) is 10.6 Å². The minimum absolute atomic E-state index is 0.323. The van der Waals surface area contributed by atoms with Crippen molar-refractivity contribution < 1.29 is 18.0 Å². The maximum Gasteiger partial charge on any atom is 0.405 e. The summed E-state index contributed by atoms with van der Waals surface area (Å²) in [7, 11) is 0. The molecule has 0 saturated carbocycles. The summed E-state index contributed by atoms with van der Waals surface area (Å²) in [4.78, 5) is 11.3. The summed E-state index contributed by atoms with van der Waals surface area (Å²) < 4.78 is 35.4. The van der Waals surface area contributed by atoms with Gasteiger partial charge in [-0.05, 0) is 12.8 Å². The number of nitrogens with two attached hydrogens (primary N) is 1. The second kappa shape index (κ2) is 4.80. The maximum atomic E-state index is 11.8. The van der Waals surface area contributed by atoms with Crippen molar-refractivity contribution in [1.82, 2.24) is 10.3 Å². The summed E-state index contributed by atoms with van der Waals surface area (Å²) in [6.45, 7) is -0.264. The largest absolute Gasteiger partial charge is 0.405 e. The van der Waals surface area contributed by atoms with Gasteiger partial charge in [0.15, 0.2) is 0 Å². The van der Waals surface area contributed by atoms with E-state index in [1.165, 1.54) is 5.01 Å². The van der Waals surface area contributed by atoms with E-state index in [9.17, 15) is 18.0 Å². The lowest BCUT2D eigenvalue weighted by Crippen LogP contribution is -2.47. The first-order valence-corrected chi connectivity index (χ1v) is 4.72. The molecule has 3 N–H and O–H groups in total. The predicted molar refractivity (Wildman–Crippen MR) is 47.5 cm³/mol. The summed E-state index contributed by atoms with van der Waals surface area (Å²) in [5.74, 6) is 4.48. The number of rotatable bonds is 2. The summed E-state index contributed by atoms with van der Waals surface area (Å²) >= 11 is 0. The van der Waals surface area contributed by atoms with Gasteiger partial charge in [0.2, 0.25) is 5.91 Å². The Balaban J connectivity index is 2.33. The molecule has 1 saturated heterocycles. The van der Waals surface area contributed by atoms with Gasteiger partial charge < -0.3 is 5.32 Å². The lowest BCUT2D eigenvalue weighted by molar-refractivity contribution is -0.141. The van der Waals surface area contributed by atoms with Gasteiger partial charge in [0, 0.05) is 13.1 Å². The molecule has 0 aromatic rings. The number of hydrazine groups is 1. The van der Waals surface area contributed by atoms with Crippen LogP contribution in [0.2, 0.25) is 0 Å². The third kappa shape index (κ3) is 4.48. The Kier molecular flexibility index (Phi) is 3.92. The smallest absolute Gasteiger partial charge is 0.347 e. The normalized spacial score (nSPS) is 23.9. The number of amides is 1. The van der Waals surface area contributed by atoms with E-state index >= 15 is 0 Å². The van der Waals surface area contributed by atoms with Crippen molar-refractivity contribution in [3.63, 3.8) is 0 Å². The number of alkyl halides is 3. The van der Waals surface area contributed by atoms with E-state index in [0.29, 0.717) is 19.5 Å². The number of nitrogens with one attached hydrogen (secondary N) is 1. The molecule has 1 rings (SSSR count). The first-order valence-electron chi connectivity index (χ1n) is 4.72. The van der Waals surface area contributed by atoms with Gasteiger partial charge in [0.1, 0.15) is 6.54 Å². The Hall–Kier alpha value is -0.820. The van der Waals surface area contributed by atoms with Gasteiger partial charge in [0.25, 0.3) is 0 Å². The third-order valence-electron chi connectivity index (χ3n) is 2.29. The fraction of sp³-hybridized carbons (Fsp3) is 0.875. The first kappa shape index (κ1) is 12.3. The van der Waals surface area contributed by atoms with Crippen LogP contribution in [0.4, 0.5) is 13.2 Å². The molecule has 0 aromatic heterocycles. The number of halogens is 3. The highest BCUT2D eigenvalue weighted by Crippen LogP contribution is 2.16. The summed E-state index contributed by atoms with van der Waals surface area (Å²) in [5, 5.41) is 3.33. The van der Waals surface area contributed by atoms with Crippen LogP contribution in [0.1, 0.15) is 12.8 Å². The summed E-state index contributed by atoms with van der Waals surface area (Å²) in [6.07, 6.45) is -3.02. The van der Waals surface area contributed by atoms with Crippen molar-refractivity contribution in [3.05, 3.63) is 0 Å². The Labute approximate surface area is 85.6 Å². The molecule has 1 aliphatic rings. The second-order valence-corrected chi connectivity index (χ2v) is 3.67. The standard InChI is InChI=1S/C8H14F3N3O/c9-8(10,11)5-13-7(15)6-2-1-3-14(12)4-6/h6H,1-5,12H2,(H,13,15). The Morgan fingerprint density at radius 3 is 2.73 bits per heavy atom. The highest BCUT2D eigenvalue weighted by atomic mass is 19.4. The van der Waals surface area contributed by atoms with E-state index in [0.717, 1.165) is 6.42 Å². The highest BCUT2D eigenvalue weighted by molar-refractivity contribution is 5.78. The van der Waals surface area contributed by atoms with Gasteiger partial charge in [-0.1, -0.05) is 0 Å². The molecule has 7 heteroatoms. The van der Waals surface area contributed by atoms with Crippen LogP contribution in [0.3, 0.4) is 0 Å². The summed E-state index contributed by atoms with van der Waals surface area (Å²) in [6, 6.07) is 0. The number of carbonyl (C=O) groups excluding carboxylic acids is 1. The van der Waals surface area contributed by atoms with Crippen molar-refractivity contribution in [3.8, 4) is 0 Å². The molecule has 0 spiro atoms. The number of carbonyl (C=O) groups is 1. The number of nitrogens with zero attached hydrogens (tertiary/aromatic N) is 1. The molecule has 0 aromatic carbocycles. The number of hydrogen-bond donors (Lipinski definition) is 2. The van der Waals surface area contributed by atoms with Crippen molar-refractivity contribution >= 4 is 5.91 Å². The molecule has 1 aliphatic heterocycles. The Morgan fingerprint density at radius 1 is 1.53 bits per heavy atom. The quantitative estimate of drug-likeness (QED) is 0.662. The van der Waals surface area contributed by atoms with Crippen LogP contribution in [0, 0.1) is 5.92 Å². The molecular formula is C8H14F3N3O. The van der Waals surface area contributed by atoms with Crippen molar-refractivity contribution in [1.29, 1.82) is 0 Å². The highest BCUT2D eigenvalue weighted by Gasteiger charge is 2.30. The van der Waals surface area contributed by atoms with Crippen molar-refractivity contribution in [2.45, 2.75) is 19.0 Å². The monoisotopic (exact) mass is 225 g/mol. The summed E-state index contributed by atoms with van der Waals surface area (Å²) in [5.41, 5.74) is 0. The maximum absolute atomic E-state index is 11.8. The predicted octanol–water partition coefficient (Wildman–Crippen LogP) is 0.251. The van der Waals surface area contributed by atoms with Crippen LogP contribution >= 0.6 is 0 Å². The van der Waals surface area contributed by atoms with Crippen molar-refractivity contribution in [2.24, 2.45) is 11.8 Å². The molecule has 1 fully saturated rings. The number of piperidine rings is 1. The molecule has 15 heavy (non-hydrogen) atoms. The third-order valence-corrected chi connectivity index (χ3v) is 2.29. The van der Waals surface area contributed by atoms with E-state index in [2.05, 4.69) is 0 Å². The molecule has 88 valence electrons. The molecule has 0 bridgehead atoms. The molecule has 4 nitrogen and oxygen atoms in total. The first-order chi connectivity index (χ1) is 6.88. The molecule has 1 heterocycles. The van der Waals surface area contributed by atoms with Gasteiger partial charge in [-0.15, -0.1) is 0 Å². The average molecular weight is 225 g/mol. The van der Waals surface area contributed by atoms with Gasteiger partial charge >= 0.3 is 6.18 Å². The Morgan fingerprint density at radius 2 is 2.20 bits per heavy atom. The van der Waals surface area contributed by atoms with E-state index < -0.39 is 24.5 Å². The van der Waals surface area contributed by atoms with Crippen LogP contribution in [0.5, 0.6) is 0 Å². The second-order valence-electron chi connectivity index (χ2n) is 3.67. The lowest BCUT2D eigenvalue weighted by Gasteiger charge is -2.28. The fourth-order valence-corrected chi connectivity index (χ4v) is 1.55. The number of hydrogen-bond acceptors (Lipinski definition) is 3. The SMILES string of the molecule is NN1CCCC(C(=O)NCC(F)(F)F)C1. The van der Waals surface area contributed by atoms with E-state index in [1.807, 2.05) is 5.32 Å². The van der Waals surface area contributed by atoms with Gasteiger partial charge in [-0.25, -0.2) is 5.01 Å². The topological polar surface area (TPSA) is 58.4 Å². The zero-order valence-corrected chi connectivity index (χ0v) is 8.18. The van der Waals surface area contributed by atoms with E-state index in [-0.39, 0.29) is 0 Å². The minimum atomic E-state index is -4.35. The zero-order chi connectivity index (χ0) is 11.5. The van der Waals surface area contributed by atoms with E-state index in [1.54, 1.807) is 0 Å². The van der Waals surface area contributed by atoms with Crippen LogP contribution < -0.4 is 11.2 Å². The van der Waals surface area contributed by atoms with Crippen LogP contribution in [0.15, 0.2) is 0 Å². The molecular weight excluding hydrogens is 211 g/mol. The lowest BCUT2D eigenvalue weighted by atomic mass is 9.98.